The molecule has 26 heavy (non-hydrogen) atoms. The van der Waals surface area contributed by atoms with E-state index in [1.54, 1.807) is 24.3 Å². The molecular formula is C19H21N3O3S. The first kappa shape index (κ1) is 18.2. The number of ether oxygens (including phenoxy) is 1. The minimum atomic E-state index is -0.0715. The smallest absolute Gasteiger partial charge is 0.317 e. The van der Waals surface area contributed by atoms with Crippen LogP contribution in [0.4, 0.5) is 4.79 Å². The van der Waals surface area contributed by atoms with Crippen LogP contribution in [0.2, 0.25) is 0 Å². The summed E-state index contributed by atoms with van der Waals surface area (Å²) in [6.07, 6.45) is 0.886. The number of fused-ring (bicyclic) bond motifs is 1. The summed E-state index contributed by atoms with van der Waals surface area (Å²) in [4.78, 5) is 14.4. The maximum Gasteiger partial charge on any atom is 0.317 e. The molecule has 3 rings (SSSR count). The molecule has 7 heteroatoms. The van der Waals surface area contributed by atoms with Crippen LogP contribution < -0.4 is 15.5 Å². The standard InChI is InChI=1S/C19H21N3O3S/c23-19(22-11-9-14-3-1-2-4-16(14)13-22)20-10-12-25-17-7-5-15(6-8-17)18(26)21-24/h1-8,24H,9-13H2,(H,20,23)(H,21,26). The van der Waals surface area contributed by atoms with E-state index >= 15 is 0 Å². The molecule has 0 fully saturated rings. The van der Waals surface area contributed by atoms with Gasteiger partial charge in [-0.3, -0.25) is 10.7 Å². The molecule has 0 radical (unpaired) electrons. The summed E-state index contributed by atoms with van der Waals surface area (Å²) in [5, 5.41) is 11.7. The van der Waals surface area contributed by atoms with Gasteiger partial charge in [-0.15, -0.1) is 0 Å². The molecule has 0 saturated carbocycles. The number of benzene rings is 2. The van der Waals surface area contributed by atoms with Gasteiger partial charge >= 0.3 is 6.03 Å². The van der Waals surface area contributed by atoms with Gasteiger partial charge in [0.1, 0.15) is 17.3 Å². The van der Waals surface area contributed by atoms with Gasteiger partial charge in [0, 0.05) is 18.7 Å². The van der Waals surface area contributed by atoms with Gasteiger partial charge in [-0.05, 0) is 41.8 Å². The lowest BCUT2D eigenvalue weighted by Gasteiger charge is -2.28. The van der Waals surface area contributed by atoms with Crippen molar-refractivity contribution < 1.29 is 14.7 Å². The molecule has 1 heterocycles. The number of hydroxylamine groups is 1. The van der Waals surface area contributed by atoms with Crippen LogP contribution in [-0.4, -0.2) is 40.8 Å². The molecule has 3 N–H and O–H groups in total. The van der Waals surface area contributed by atoms with Crippen LogP contribution in [0.1, 0.15) is 16.7 Å². The highest BCUT2D eigenvalue weighted by molar-refractivity contribution is 7.80. The average molecular weight is 371 g/mol. The third-order valence-electron chi connectivity index (χ3n) is 4.28. The number of thiocarbonyl (C=S) groups is 1. The molecule has 0 aromatic heterocycles. The highest BCUT2D eigenvalue weighted by atomic mass is 32.1. The summed E-state index contributed by atoms with van der Waals surface area (Å²) in [6.45, 7) is 2.17. The molecule has 0 bridgehead atoms. The molecule has 2 aromatic rings. The van der Waals surface area contributed by atoms with Gasteiger partial charge in [-0.25, -0.2) is 4.79 Å². The Kier molecular flexibility index (Phi) is 6.04. The van der Waals surface area contributed by atoms with Crippen LogP contribution in [0.3, 0.4) is 0 Å². The molecule has 136 valence electrons. The molecule has 1 aliphatic rings. The van der Waals surface area contributed by atoms with E-state index in [1.807, 2.05) is 22.5 Å². The third kappa shape index (κ3) is 4.50. The Balaban J connectivity index is 1.41. The van der Waals surface area contributed by atoms with Crippen LogP contribution in [0.15, 0.2) is 48.5 Å². The predicted octanol–water partition coefficient (Wildman–Crippen LogP) is 2.49. The summed E-state index contributed by atoms with van der Waals surface area (Å²) in [7, 11) is 0. The largest absolute Gasteiger partial charge is 0.492 e. The van der Waals surface area contributed by atoms with Gasteiger partial charge in [0.2, 0.25) is 0 Å². The Labute approximate surface area is 157 Å². The van der Waals surface area contributed by atoms with E-state index in [1.165, 1.54) is 11.1 Å². The average Bonchev–Trinajstić information content (AvgIpc) is 2.70. The number of amides is 2. The minimum Gasteiger partial charge on any atom is -0.492 e. The third-order valence-corrected chi connectivity index (χ3v) is 4.61. The highest BCUT2D eigenvalue weighted by Gasteiger charge is 2.19. The van der Waals surface area contributed by atoms with Crippen LogP contribution in [0.25, 0.3) is 0 Å². The van der Waals surface area contributed by atoms with Crippen molar-refractivity contribution in [1.82, 2.24) is 15.7 Å². The number of carbonyl (C=O) groups excluding carboxylic acids is 1. The number of hydrogen-bond acceptors (Lipinski definition) is 4. The Bertz CT molecular complexity index is 780. The van der Waals surface area contributed by atoms with E-state index < -0.39 is 0 Å². The van der Waals surface area contributed by atoms with Crippen molar-refractivity contribution in [1.29, 1.82) is 0 Å². The van der Waals surface area contributed by atoms with E-state index in [0.717, 1.165) is 13.0 Å². The maximum absolute atomic E-state index is 12.3. The van der Waals surface area contributed by atoms with Crippen molar-refractivity contribution in [2.45, 2.75) is 13.0 Å². The van der Waals surface area contributed by atoms with Crippen LogP contribution in [0, 0.1) is 0 Å². The SMILES string of the molecule is O=C(NCCOc1ccc(C(=S)NO)cc1)N1CCc2ccccc2C1. The molecule has 6 nitrogen and oxygen atoms in total. The minimum absolute atomic E-state index is 0.0715. The van der Waals surface area contributed by atoms with Crippen LogP contribution >= 0.6 is 12.2 Å². The number of carbonyl (C=O) groups is 1. The van der Waals surface area contributed by atoms with Crippen molar-refractivity contribution in [2.75, 3.05) is 19.7 Å². The van der Waals surface area contributed by atoms with E-state index in [9.17, 15) is 4.79 Å². The van der Waals surface area contributed by atoms with Gasteiger partial charge in [0.15, 0.2) is 0 Å². The summed E-state index contributed by atoms with van der Waals surface area (Å²) in [5.74, 6) is 0.677. The lowest BCUT2D eigenvalue weighted by Crippen LogP contribution is -2.43. The maximum atomic E-state index is 12.3. The second-order valence-electron chi connectivity index (χ2n) is 5.99. The number of nitrogens with zero attached hydrogens (tertiary/aromatic N) is 1. The molecule has 0 atom stereocenters. The van der Waals surface area contributed by atoms with Gasteiger partial charge < -0.3 is 15.0 Å². The van der Waals surface area contributed by atoms with Crippen LogP contribution in [0.5, 0.6) is 5.75 Å². The van der Waals surface area contributed by atoms with Crippen molar-refractivity contribution in [2.24, 2.45) is 0 Å². The second kappa shape index (κ2) is 8.64. The highest BCUT2D eigenvalue weighted by Crippen LogP contribution is 2.18. The van der Waals surface area contributed by atoms with E-state index in [4.69, 9.17) is 22.2 Å². The fourth-order valence-corrected chi connectivity index (χ4v) is 3.01. The zero-order chi connectivity index (χ0) is 18.4. The first-order valence-corrected chi connectivity index (χ1v) is 8.85. The first-order chi connectivity index (χ1) is 12.7. The van der Waals surface area contributed by atoms with Crippen molar-refractivity contribution in [3.63, 3.8) is 0 Å². The lowest BCUT2D eigenvalue weighted by atomic mass is 10.0. The van der Waals surface area contributed by atoms with Gasteiger partial charge in [-0.1, -0.05) is 36.5 Å². The van der Waals surface area contributed by atoms with Gasteiger partial charge in [-0.2, -0.15) is 0 Å². The Morgan fingerprint density at radius 3 is 2.62 bits per heavy atom. The van der Waals surface area contributed by atoms with Gasteiger partial charge in [0.05, 0.1) is 6.54 Å². The summed E-state index contributed by atoms with van der Waals surface area (Å²) in [5.41, 5.74) is 5.17. The van der Waals surface area contributed by atoms with E-state index in [-0.39, 0.29) is 11.0 Å². The second-order valence-corrected chi connectivity index (χ2v) is 6.39. The Morgan fingerprint density at radius 2 is 1.88 bits per heavy atom. The summed E-state index contributed by atoms with van der Waals surface area (Å²) < 4.78 is 5.61. The zero-order valence-corrected chi connectivity index (χ0v) is 15.1. The molecular weight excluding hydrogens is 350 g/mol. The first-order valence-electron chi connectivity index (χ1n) is 8.44. The molecule has 2 amide bonds. The molecule has 0 saturated heterocycles. The number of nitrogens with one attached hydrogen (secondary N) is 2. The quantitative estimate of drug-likeness (QED) is 0.428. The van der Waals surface area contributed by atoms with E-state index in [0.29, 0.717) is 31.0 Å². The number of urea groups is 1. The molecule has 1 aliphatic heterocycles. The van der Waals surface area contributed by atoms with Gasteiger partial charge in [0.25, 0.3) is 0 Å². The van der Waals surface area contributed by atoms with Crippen molar-refractivity contribution in [3.05, 3.63) is 65.2 Å². The van der Waals surface area contributed by atoms with Crippen molar-refractivity contribution >= 4 is 23.2 Å². The summed E-state index contributed by atoms with van der Waals surface area (Å²) in [6, 6.07) is 15.2. The molecule has 0 spiro atoms. The fraction of sp³-hybridized carbons (Fsp3) is 0.263. The Hall–Kier alpha value is -2.64. The number of rotatable bonds is 5. The molecule has 0 aliphatic carbocycles. The topological polar surface area (TPSA) is 73.8 Å². The normalized spacial score (nSPS) is 12.9. The van der Waals surface area contributed by atoms with Crippen LogP contribution in [-0.2, 0) is 13.0 Å². The summed E-state index contributed by atoms with van der Waals surface area (Å²) >= 11 is 4.93. The Morgan fingerprint density at radius 1 is 1.15 bits per heavy atom. The zero-order valence-electron chi connectivity index (χ0n) is 14.3. The predicted molar refractivity (Wildman–Crippen MR) is 103 cm³/mol. The van der Waals surface area contributed by atoms with Crippen molar-refractivity contribution in [3.8, 4) is 5.75 Å². The fourth-order valence-electron chi connectivity index (χ4n) is 2.87. The monoisotopic (exact) mass is 371 g/mol. The number of hydrogen-bond donors (Lipinski definition) is 3. The molecule has 2 aromatic carbocycles. The van der Waals surface area contributed by atoms with E-state index in [2.05, 4.69) is 17.4 Å². The lowest BCUT2D eigenvalue weighted by molar-refractivity contribution is 0.189. The molecule has 0 unspecified atom stereocenters.